The molecule has 6 heteroatoms. The van der Waals surface area contributed by atoms with Gasteiger partial charge in [0.15, 0.2) is 0 Å². The number of carboxylic acid groups (broad SMARTS) is 1. The molecule has 1 aromatic rings. The van der Waals surface area contributed by atoms with Crippen molar-refractivity contribution in [1.82, 2.24) is 15.2 Å². The van der Waals surface area contributed by atoms with Crippen LogP contribution in [0.3, 0.4) is 0 Å². The normalized spacial score (nSPS) is 10.4. The van der Waals surface area contributed by atoms with Gasteiger partial charge in [-0.15, -0.1) is 0 Å². The number of aromatic nitrogens is 1. The van der Waals surface area contributed by atoms with E-state index in [2.05, 4.69) is 10.3 Å². The molecule has 0 unspecified atom stereocenters. The van der Waals surface area contributed by atoms with Gasteiger partial charge in [-0.3, -0.25) is 9.78 Å². The smallest absolute Gasteiger partial charge is 0.317 e. The Kier molecular flexibility index (Phi) is 5.96. The van der Waals surface area contributed by atoms with Crippen molar-refractivity contribution in [1.29, 1.82) is 0 Å². The van der Waals surface area contributed by atoms with E-state index >= 15 is 0 Å². The summed E-state index contributed by atoms with van der Waals surface area (Å²) >= 11 is 0. The lowest BCUT2D eigenvalue weighted by Crippen LogP contribution is -2.44. The Balaban J connectivity index is 2.55. The second kappa shape index (κ2) is 7.47. The van der Waals surface area contributed by atoms with Crippen LogP contribution in [0.5, 0.6) is 0 Å². The molecule has 1 aromatic heterocycles. The Morgan fingerprint density at radius 1 is 1.40 bits per heavy atom. The van der Waals surface area contributed by atoms with Crippen molar-refractivity contribution in [3.8, 4) is 0 Å². The number of urea groups is 1. The van der Waals surface area contributed by atoms with E-state index in [1.807, 2.05) is 39.0 Å². The Morgan fingerprint density at radius 3 is 2.65 bits per heavy atom. The molecule has 0 radical (unpaired) electrons. The van der Waals surface area contributed by atoms with E-state index in [9.17, 15) is 9.59 Å². The van der Waals surface area contributed by atoms with Crippen molar-refractivity contribution in [2.24, 2.45) is 0 Å². The molecule has 1 rings (SSSR count). The van der Waals surface area contributed by atoms with Gasteiger partial charge < -0.3 is 15.3 Å². The number of nitrogens with zero attached hydrogens (tertiary/aromatic N) is 2. The minimum Gasteiger partial charge on any atom is -0.481 e. The molecule has 1 heterocycles. The van der Waals surface area contributed by atoms with E-state index < -0.39 is 5.97 Å². The largest absolute Gasteiger partial charge is 0.481 e. The molecule has 0 aliphatic heterocycles. The van der Waals surface area contributed by atoms with Crippen LogP contribution in [0.15, 0.2) is 18.2 Å². The van der Waals surface area contributed by atoms with Gasteiger partial charge in [-0.05, 0) is 32.9 Å². The summed E-state index contributed by atoms with van der Waals surface area (Å²) < 4.78 is 0. The average Bonchev–Trinajstić information content (AvgIpc) is 2.36. The summed E-state index contributed by atoms with van der Waals surface area (Å²) in [7, 11) is 0. The summed E-state index contributed by atoms with van der Waals surface area (Å²) in [6.45, 7) is 6.12. The van der Waals surface area contributed by atoms with E-state index in [1.165, 1.54) is 4.90 Å². The SMILES string of the molecule is Cc1cccc(CNC(=O)N(CCC(=O)O)C(C)C)n1. The molecule has 0 fully saturated rings. The topological polar surface area (TPSA) is 82.5 Å². The fourth-order valence-corrected chi connectivity index (χ4v) is 1.78. The van der Waals surface area contributed by atoms with Crippen molar-refractivity contribution in [3.63, 3.8) is 0 Å². The highest BCUT2D eigenvalue weighted by atomic mass is 16.4. The van der Waals surface area contributed by atoms with Crippen LogP contribution in [0.25, 0.3) is 0 Å². The van der Waals surface area contributed by atoms with E-state index in [0.717, 1.165) is 11.4 Å². The van der Waals surface area contributed by atoms with Crippen LogP contribution >= 0.6 is 0 Å². The van der Waals surface area contributed by atoms with Gasteiger partial charge in [0.25, 0.3) is 0 Å². The number of carboxylic acids is 1. The van der Waals surface area contributed by atoms with Gasteiger partial charge in [-0.1, -0.05) is 6.07 Å². The molecule has 6 nitrogen and oxygen atoms in total. The molecule has 0 aromatic carbocycles. The highest BCUT2D eigenvalue weighted by Gasteiger charge is 2.17. The zero-order valence-electron chi connectivity index (χ0n) is 12.1. The molecule has 0 saturated carbocycles. The van der Waals surface area contributed by atoms with Crippen LogP contribution in [0.1, 0.15) is 31.7 Å². The fourth-order valence-electron chi connectivity index (χ4n) is 1.78. The fraction of sp³-hybridized carbons (Fsp3) is 0.500. The van der Waals surface area contributed by atoms with Gasteiger partial charge >= 0.3 is 12.0 Å². The summed E-state index contributed by atoms with van der Waals surface area (Å²) in [5.74, 6) is -0.913. The summed E-state index contributed by atoms with van der Waals surface area (Å²) in [6, 6.07) is 5.28. The van der Waals surface area contributed by atoms with Crippen LogP contribution in [0.4, 0.5) is 4.79 Å². The zero-order valence-corrected chi connectivity index (χ0v) is 12.1. The molecule has 0 bridgehead atoms. The molecule has 110 valence electrons. The second-order valence-electron chi connectivity index (χ2n) is 4.86. The maximum Gasteiger partial charge on any atom is 0.317 e. The first-order valence-corrected chi connectivity index (χ1v) is 6.59. The minimum atomic E-state index is -0.913. The third kappa shape index (κ3) is 5.26. The van der Waals surface area contributed by atoms with Crippen molar-refractivity contribution in [3.05, 3.63) is 29.6 Å². The number of carbonyl (C=O) groups is 2. The number of hydrogen-bond donors (Lipinski definition) is 2. The summed E-state index contributed by atoms with van der Waals surface area (Å²) in [6.07, 6.45) is -0.0612. The Labute approximate surface area is 118 Å². The van der Waals surface area contributed by atoms with Crippen LogP contribution < -0.4 is 5.32 Å². The van der Waals surface area contributed by atoms with Gasteiger partial charge in [0.1, 0.15) is 0 Å². The number of aryl methyl sites for hydroxylation is 1. The second-order valence-corrected chi connectivity index (χ2v) is 4.86. The van der Waals surface area contributed by atoms with Crippen LogP contribution in [0, 0.1) is 6.92 Å². The Bertz CT molecular complexity index is 474. The van der Waals surface area contributed by atoms with E-state index in [1.54, 1.807) is 0 Å². The Hall–Kier alpha value is -2.11. The summed E-state index contributed by atoms with van der Waals surface area (Å²) in [5.41, 5.74) is 1.67. The monoisotopic (exact) mass is 279 g/mol. The highest BCUT2D eigenvalue weighted by Crippen LogP contribution is 2.02. The third-order valence-electron chi connectivity index (χ3n) is 2.82. The molecule has 20 heavy (non-hydrogen) atoms. The lowest BCUT2D eigenvalue weighted by atomic mass is 10.3. The van der Waals surface area contributed by atoms with Crippen LogP contribution in [-0.4, -0.2) is 39.6 Å². The highest BCUT2D eigenvalue weighted by molar-refractivity contribution is 5.75. The third-order valence-corrected chi connectivity index (χ3v) is 2.82. The zero-order chi connectivity index (χ0) is 15.1. The number of aliphatic carboxylic acids is 1. The molecule has 0 saturated heterocycles. The van der Waals surface area contributed by atoms with Gasteiger partial charge in [-0.25, -0.2) is 4.79 Å². The number of hydrogen-bond acceptors (Lipinski definition) is 3. The van der Waals surface area contributed by atoms with Gasteiger partial charge in [0.2, 0.25) is 0 Å². The first-order chi connectivity index (χ1) is 9.40. The van der Waals surface area contributed by atoms with Gasteiger partial charge in [-0.2, -0.15) is 0 Å². The van der Waals surface area contributed by atoms with Crippen LogP contribution in [0.2, 0.25) is 0 Å². The molecule has 0 atom stereocenters. The van der Waals surface area contributed by atoms with E-state index in [-0.39, 0.29) is 25.0 Å². The average molecular weight is 279 g/mol. The first-order valence-electron chi connectivity index (χ1n) is 6.59. The first kappa shape index (κ1) is 15.9. The number of pyridine rings is 1. The molecular weight excluding hydrogens is 258 g/mol. The molecule has 0 aliphatic rings. The number of rotatable bonds is 6. The van der Waals surface area contributed by atoms with Crippen molar-refractivity contribution in [2.45, 2.75) is 39.8 Å². The molecule has 0 spiro atoms. The summed E-state index contributed by atoms with van der Waals surface area (Å²) in [4.78, 5) is 28.4. The van der Waals surface area contributed by atoms with Gasteiger partial charge in [0.05, 0.1) is 18.7 Å². The molecular formula is C14H21N3O3. The minimum absolute atomic E-state index is 0.0557. The molecule has 0 aliphatic carbocycles. The maximum atomic E-state index is 12.0. The maximum absolute atomic E-state index is 12.0. The van der Waals surface area contributed by atoms with E-state index in [4.69, 9.17) is 5.11 Å². The lowest BCUT2D eigenvalue weighted by molar-refractivity contribution is -0.137. The summed E-state index contributed by atoms with van der Waals surface area (Å²) in [5, 5.41) is 11.5. The van der Waals surface area contributed by atoms with E-state index in [0.29, 0.717) is 6.54 Å². The predicted molar refractivity (Wildman–Crippen MR) is 75.3 cm³/mol. The Morgan fingerprint density at radius 2 is 2.10 bits per heavy atom. The van der Waals surface area contributed by atoms with Crippen molar-refractivity contribution in [2.75, 3.05) is 6.54 Å². The predicted octanol–water partition coefficient (Wildman–Crippen LogP) is 1.78. The van der Waals surface area contributed by atoms with Crippen molar-refractivity contribution >= 4 is 12.0 Å². The van der Waals surface area contributed by atoms with Crippen molar-refractivity contribution < 1.29 is 14.7 Å². The number of nitrogens with one attached hydrogen (secondary N) is 1. The van der Waals surface area contributed by atoms with Gasteiger partial charge in [0, 0.05) is 18.3 Å². The quantitative estimate of drug-likeness (QED) is 0.831. The molecule has 2 N–H and O–H groups in total. The molecule has 2 amide bonds. The number of amides is 2. The lowest BCUT2D eigenvalue weighted by Gasteiger charge is -2.26. The number of carbonyl (C=O) groups excluding carboxylic acids is 1. The standard InChI is InChI=1S/C14H21N3O3/c1-10(2)17(8-7-13(18)19)14(20)15-9-12-6-4-5-11(3)16-12/h4-6,10H,7-9H2,1-3H3,(H,15,20)(H,18,19). The van der Waals surface area contributed by atoms with Crippen LogP contribution in [-0.2, 0) is 11.3 Å².